The lowest BCUT2D eigenvalue weighted by atomic mass is 10.1. The summed E-state index contributed by atoms with van der Waals surface area (Å²) in [6.45, 7) is 4.47. The number of amides is 1. The zero-order chi connectivity index (χ0) is 34.0. The number of nitrogens with one attached hydrogen (secondary N) is 1. The van der Waals surface area contributed by atoms with Crippen LogP contribution >= 0.6 is 0 Å². The summed E-state index contributed by atoms with van der Waals surface area (Å²) in [5.41, 5.74) is 0. The van der Waals surface area contributed by atoms with E-state index in [9.17, 15) is 22.9 Å². The molecule has 0 aromatic carbocycles. The van der Waals surface area contributed by atoms with Crippen LogP contribution in [0.4, 0.5) is 0 Å². The van der Waals surface area contributed by atoms with Gasteiger partial charge in [-0.2, -0.15) is 8.42 Å². The third kappa shape index (κ3) is 33.7. The minimum absolute atomic E-state index is 0.278. The van der Waals surface area contributed by atoms with Crippen molar-refractivity contribution in [3.05, 3.63) is 48.6 Å². The summed E-state index contributed by atoms with van der Waals surface area (Å²) >= 11 is 0. The Hall–Kier alpha value is -1.70. The Morgan fingerprint density at radius 1 is 0.565 bits per heavy atom. The van der Waals surface area contributed by atoms with Gasteiger partial charge in [-0.3, -0.25) is 9.35 Å². The molecule has 0 radical (unpaired) electrons. The van der Waals surface area contributed by atoms with E-state index >= 15 is 0 Å². The summed E-state index contributed by atoms with van der Waals surface area (Å²) < 4.78 is 32.3. The second-order valence-corrected chi connectivity index (χ2v) is 14.3. The van der Waals surface area contributed by atoms with Gasteiger partial charge >= 0.3 is 0 Å². The quantitative estimate of drug-likeness (QED) is 0.0368. The summed E-state index contributed by atoms with van der Waals surface area (Å²) in [6, 6.07) is -1.08. The van der Waals surface area contributed by atoms with Crippen molar-refractivity contribution in [3.63, 3.8) is 0 Å². The first-order valence-electron chi connectivity index (χ1n) is 18.8. The van der Waals surface area contributed by atoms with Gasteiger partial charge in [0.15, 0.2) is 0 Å². The molecule has 0 rings (SSSR count). The minimum Gasteiger partial charge on any atom is -0.387 e. The third-order valence-corrected chi connectivity index (χ3v) is 8.99. The van der Waals surface area contributed by atoms with E-state index in [-0.39, 0.29) is 12.3 Å². The topological polar surface area (TPSA) is 104 Å². The molecule has 0 spiro atoms. The molecular formula is C39H71NO5S. The van der Waals surface area contributed by atoms with Crippen LogP contribution < -0.4 is 5.32 Å². The molecule has 46 heavy (non-hydrogen) atoms. The molecular weight excluding hydrogens is 594 g/mol. The SMILES string of the molecule is CCCCC/C=C/CC/C=C/CC/C=C/C(O)C(CS(=O)(=O)O)NC(=O)CCCCCCCCC/C=C\CCCCCCCCC. The maximum Gasteiger partial charge on any atom is 0.267 e. The maximum absolute atomic E-state index is 12.5. The van der Waals surface area contributed by atoms with Gasteiger partial charge in [0.2, 0.25) is 5.91 Å². The van der Waals surface area contributed by atoms with Crippen LogP contribution in [0.1, 0.15) is 174 Å². The number of aliphatic hydroxyl groups is 1. The molecule has 2 unspecified atom stereocenters. The van der Waals surface area contributed by atoms with Crippen LogP contribution in [0.2, 0.25) is 0 Å². The first-order chi connectivity index (χ1) is 22.3. The highest BCUT2D eigenvalue weighted by Gasteiger charge is 2.24. The number of carbonyl (C=O) groups is 1. The summed E-state index contributed by atoms with van der Waals surface area (Å²) in [5.74, 6) is -1.02. The Labute approximate surface area is 284 Å². The predicted octanol–water partition coefficient (Wildman–Crippen LogP) is 10.7. The van der Waals surface area contributed by atoms with E-state index < -0.39 is 28.0 Å². The Bertz CT molecular complexity index is 909. The first kappa shape index (κ1) is 44.3. The van der Waals surface area contributed by atoms with E-state index in [1.807, 2.05) is 0 Å². The van der Waals surface area contributed by atoms with Crippen LogP contribution in [0.25, 0.3) is 0 Å². The highest BCUT2D eigenvalue weighted by atomic mass is 32.2. The molecule has 0 aromatic heterocycles. The molecule has 6 nitrogen and oxygen atoms in total. The maximum atomic E-state index is 12.5. The van der Waals surface area contributed by atoms with E-state index in [4.69, 9.17) is 0 Å². The molecule has 0 saturated heterocycles. The van der Waals surface area contributed by atoms with Gasteiger partial charge in [0.05, 0.1) is 17.9 Å². The second-order valence-electron chi connectivity index (χ2n) is 12.8. The van der Waals surface area contributed by atoms with Crippen molar-refractivity contribution in [1.82, 2.24) is 5.32 Å². The lowest BCUT2D eigenvalue weighted by molar-refractivity contribution is -0.122. The van der Waals surface area contributed by atoms with Crippen molar-refractivity contribution in [1.29, 1.82) is 0 Å². The van der Waals surface area contributed by atoms with Gasteiger partial charge in [0.1, 0.15) is 0 Å². The van der Waals surface area contributed by atoms with Crippen LogP contribution in [0, 0.1) is 0 Å². The van der Waals surface area contributed by atoms with Gasteiger partial charge in [-0.1, -0.05) is 146 Å². The monoisotopic (exact) mass is 666 g/mol. The van der Waals surface area contributed by atoms with Crippen LogP contribution in [-0.4, -0.2) is 41.9 Å². The number of hydrogen-bond acceptors (Lipinski definition) is 4. The van der Waals surface area contributed by atoms with Crippen molar-refractivity contribution in [2.75, 3.05) is 5.75 Å². The Kier molecular flexibility index (Phi) is 32.0. The first-order valence-corrected chi connectivity index (χ1v) is 20.4. The van der Waals surface area contributed by atoms with Crippen molar-refractivity contribution < 1.29 is 22.9 Å². The fourth-order valence-electron chi connectivity index (χ4n) is 5.36. The number of unbranched alkanes of at least 4 members (excludes halogenated alkanes) is 19. The molecule has 0 aliphatic heterocycles. The molecule has 0 aliphatic carbocycles. The normalized spacial score (nSPS) is 13.9. The van der Waals surface area contributed by atoms with Gasteiger partial charge < -0.3 is 10.4 Å². The summed E-state index contributed by atoms with van der Waals surface area (Å²) in [7, 11) is -4.35. The summed E-state index contributed by atoms with van der Waals surface area (Å²) in [4.78, 5) is 12.5. The zero-order valence-electron chi connectivity index (χ0n) is 29.7. The van der Waals surface area contributed by atoms with Crippen LogP contribution in [0.3, 0.4) is 0 Å². The van der Waals surface area contributed by atoms with E-state index in [0.717, 1.165) is 57.8 Å². The van der Waals surface area contributed by atoms with Gasteiger partial charge in [-0.05, 0) is 70.6 Å². The van der Waals surface area contributed by atoms with Crippen molar-refractivity contribution >= 4 is 16.0 Å². The molecule has 268 valence electrons. The zero-order valence-corrected chi connectivity index (χ0v) is 30.5. The molecule has 0 aromatic rings. The highest BCUT2D eigenvalue weighted by molar-refractivity contribution is 7.85. The number of rotatable bonds is 33. The van der Waals surface area contributed by atoms with E-state index in [0.29, 0.717) is 6.42 Å². The van der Waals surface area contributed by atoms with Gasteiger partial charge in [0.25, 0.3) is 10.1 Å². The molecule has 0 aliphatic rings. The largest absolute Gasteiger partial charge is 0.387 e. The standard InChI is InChI=1S/C39H71NO5S/c1-3-5-7-9-11-13-15-17-18-19-20-21-23-25-27-29-31-33-35-39(42)40-37(36-46(43,44)45)38(41)34-32-30-28-26-24-22-16-14-12-10-8-6-4-2/h12,14,18-19,24,26,32,34,37-38,41H,3-11,13,15-17,20-23,25,27-31,33,35-36H2,1-2H3,(H,40,42)(H,43,44,45)/b14-12+,19-18-,26-24+,34-32+. The number of hydrogen-bond donors (Lipinski definition) is 3. The summed E-state index contributed by atoms with van der Waals surface area (Å²) in [5, 5.41) is 13.1. The van der Waals surface area contributed by atoms with Crippen LogP contribution in [0.15, 0.2) is 48.6 Å². The molecule has 2 atom stereocenters. The van der Waals surface area contributed by atoms with Gasteiger partial charge in [0, 0.05) is 6.42 Å². The fourth-order valence-corrected chi connectivity index (χ4v) is 6.09. The van der Waals surface area contributed by atoms with Crippen LogP contribution in [0.5, 0.6) is 0 Å². The number of allylic oxidation sites excluding steroid dienone is 7. The molecule has 0 heterocycles. The number of carbonyl (C=O) groups excluding carboxylic acids is 1. The van der Waals surface area contributed by atoms with E-state index in [1.54, 1.807) is 6.08 Å². The molecule has 1 amide bonds. The molecule has 0 fully saturated rings. The average molecular weight is 666 g/mol. The Morgan fingerprint density at radius 2 is 0.935 bits per heavy atom. The molecule has 3 N–H and O–H groups in total. The molecule has 0 saturated carbocycles. The Morgan fingerprint density at radius 3 is 1.41 bits per heavy atom. The van der Waals surface area contributed by atoms with Gasteiger partial charge in [-0.25, -0.2) is 0 Å². The van der Waals surface area contributed by atoms with Crippen molar-refractivity contribution in [2.24, 2.45) is 0 Å². The van der Waals surface area contributed by atoms with Crippen molar-refractivity contribution in [2.45, 2.75) is 187 Å². The average Bonchev–Trinajstić information content (AvgIpc) is 3.01. The fraction of sp³-hybridized carbons (Fsp3) is 0.769. The highest BCUT2D eigenvalue weighted by Crippen LogP contribution is 2.12. The molecule has 7 heteroatoms. The van der Waals surface area contributed by atoms with E-state index in [1.165, 1.54) is 96.0 Å². The third-order valence-electron chi connectivity index (χ3n) is 8.21. The predicted molar refractivity (Wildman–Crippen MR) is 198 cm³/mol. The number of aliphatic hydroxyl groups excluding tert-OH is 1. The van der Waals surface area contributed by atoms with E-state index in [2.05, 4.69) is 55.6 Å². The van der Waals surface area contributed by atoms with Crippen molar-refractivity contribution in [3.8, 4) is 0 Å². The van der Waals surface area contributed by atoms with Gasteiger partial charge in [-0.15, -0.1) is 0 Å². The minimum atomic E-state index is -4.35. The lowest BCUT2D eigenvalue weighted by Crippen LogP contribution is -2.46. The Balaban J connectivity index is 4.02. The van der Waals surface area contributed by atoms with Crippen LogP contribution in [-0.2, 0) is 14.9 Å². The second kappa shape index (κ2) is 33.2. The summed E-state index contributed by atoms with van der Waals surface area (Å²) in [6.07, 6.45) is 43.8. The lowest BCUT2D eigenvalue weighted by Gasteiger charge is -2.21. The molecule has 0 bridgehead atoms. The smallest absolute Gasteiger partial charge is 0.267 e.